The molecule has 6 rings (SSSR count). The fraction of sp³-hybridized carbons (Fsp3) is 0.200. The maximum absolute atomic E-state index is 12.0. The van der Waals surface area contributed by atoms with Gasteiger partial charge >= 0.3 is 0 Å². The van der Waals surface area contributed by atoms with E-state index in [4.69, 9.17) is 0 Å². The summed E-state index contributed by atoms with van der Waals surface area (Å²) < 4.78 is 0. The lowest BCUT2D eigenvalue weighted by Gasteiger charge is -2.27. The molecular formula is C50H51NO2. The van der Waals surface area contributed by atoms with Crippen LogP contribution in [0.3, 0.4) is 0 Å². The van der Waals surface area contributed by atoms with Gasteiger partial charge in [-0.25, -0.2) is 0 Å². The highest BCUT2D eigenvalue weighted by atomic mass is 16.3. The monoisotopic (exact) mass is 697 g/mol. The molecule has 0 atom stereocenters. The molecule has 0 fully saturated rings. The molecule has 3 nitrogen and oxygen atoms in total. The number of benzene rings is 6. The zero-order chi connectivity index (χ0) is 36.8. The van der Waals surface area contributed by atoms with E-state index in [-0.39, 0.29) is 0 Å². The van der Waals surface area contributed by atoms with E-state index in [9.17, 15) is 10.2 Å². The first-order chi connectivity index (χ1) is 26.0. The van der Waals surface area contributed by atoms with Crippen LogP contribution in [-0.4, -0.2) is 16.8 Å². The van der Waals surface area contributed by atoms with Crippen molar-refractivity contribution in [3.63, 3.8) is 0 Å². The summed E-state index contributed by atoms with van der Waals surface area (Å²) in [6.45, 7) is 3.17. The van der Waals surface area contributed by atoms with Gasteiger partial charge in [0.25, 0.3) is 0 Å². The van der Waals surface area contributed by atoms with Crippen molar-refractivity contribution in [2.75, 3.05) is 11.4 Å². The summed E-state index contributed by atoms with van der Waals surface area (Å²) in [4.78, 5) is 2.40. The second-order valence-corrected chi connectivity index (χ2v) is 13.8. The van der Waals surface area contributed by atoms with E-state index in [1.807, 2.05) is 146 Å². The summed E-state index contributed by atoms with van der Waals surface area (Å²) in [6, 6.07) is 56.5. The second-order valence-electron chi connectivity index (χ2n) is 13.8. The summed E-state index contributed by atoms with van der Waals surface area (Å²) >= 11 is 0. The summed E-state index contributed by atoms with van der Waals surface area (Å²) in [5, 5.41) is 24.0. The third-order valence-electron chi connectivity index (χ3n) is 10.0. The first kappa shape index (κ1) is 37.3. The molecule has 6 aromatic carbocycles. The number of anilines is 2. The van der Waals surface area contributed by atoms with Gasteiger partial charge in [-0.05, 0) is 76.2 Å². The number of hydrogen-bond donors (Lipinski definition) is 2. The average Bonchev–Trinajstić information content (AvgIpc) is 3.23. The Morgan fingerprint density at radius 1 is 0.415 bits per heavy atom. The molecule has 0 heterocycles. The van der Waals surface area contributed by atoms with Gasteiger partial charge in [-0.1, -0.05) is 197 Å². The Kier molecular flexibility index (Phi) is 12.9. The minimum atomic E-state index is -1.25. The largest absolute Gasteiger partial charge is 0.377 e. The quantitative estimate of drug-likeness (QED) is 0.0933. The van der Waals surface area contributed by atoms with Gasteiger partial charge in [0.05, 0.1) is 0 Å². The van der Waals surface area contributed by atoms with E-state index in [1.54, 1.807) is 0 Å². The summed E-state index contributed by atoms with van der Waals surface area (Å²) in [5.74, 6) is 0. The van der Waals surface area contributed by atoms with Crippen LogP contribution in [0.5, 0.6) is 0 Å². The van der Waals surface area contributed by atoms with Crippen LogP contribution in [0.4, 0.5) is 11.4 Å². The summed E-state index contributed by atoms with van der Waals surface area (Å²) in [6.07, 6.45) is 15.2. The highest BCUT2D eigenvalue weighted by Crippen LogP contribution is 2.34. The van der Waals surface area contributed by atoms with Crippen molar-refractivity contribution < 1.29 is 10.2 Å². The molecule has 2 N–H and O–H groups in total. The lowest BCUT2D eigenvalue weighted by molar-refractivity contribution is 0.135. The van der Waals surface area contributed by atoms with Crippen LogP contribution in [0.25, 0.3) is 12.2 Å². The molecule has 0 aliphatic rings. The van der Waals surface area contributed by atoms with Crippen LogP contribution in [0.2, 0.25) is 0 Å². The van der Waals surface area contributed by atoms with Gasteiger partial charge in [0.1, 0.15) is 11.2 Å². The maximum atomic E-state index is 12.0. The molecule has 3 heteroatoms. The SMILES string of the molecule is CCCCCCCCN(c1ccc(C=CC(O)(c2ccccc2)c2ccccc2)cc1)c1ccc(C=CC(O)(c2ccccc2)c2ccccc2)cc1. The van der Waals surface area contributed by atoms with Crippen LogP contribution < -0.4 is 4.90 Å². The van der Waals surface area contributed by atoms with Crippen molar-refractivity contribution in [2.45, 2.75) is 56.7 Å². The summed E-state index contributed by atoms with van der Waals surface area (Å²) in [5.41, 5.74) is 5.09. The minimum Gasteiger partial charge on any atom is -0.377 e. The highest BCUT2D eigenvalue weighted by Gasteiger charge is 2.29. The zero-order valence-electron chi connectivity index (χ0n) is 30.8. The predicted octanol–water partition coefficient (Wildman–Crippen LogP) is 12.1. The standard InChI is InChI=1S/C50H51NO2/c1-2-3-4-5-6-19-40-51(47-32-28-41(29-33-47)36-38-49(52,43-20-11-7-12-21-43)44-22-13-8-14-23-44)48-34-30-42(31-35-48)37-39-50(53,45-24-15-9-16-25-45)46-26-17-10-18-27-46/h7-18,20-39,52-53H,2-6,19,40H2,1H3. The fourth-order valence-electron chi connectivity index (χ4n) is 6.91. The van der Waals surface area contributed by atoms with Crippen molar-refractivity contribution in [2.24, 2.45) is 0 Å². The van der Waals surface area contributed by atoms with Crippen molar-refractivity contribution in [3.05, 3.63) is 215 Å². The van der Waals surface area contributed by atoms with Gasteiger partial charge in [-0.15, -0.1) is 0 Å². The Bertz CT molecular complexity index is 1780. The van der Waals surface area contributed by atoms with Crippen molar-refractivity contribution in [1.82, 2.24) is 0 Å². The van der Waals surface area contributed by atoms with Crippen molar-refractivity contribution in [3.8, 4) is 0 Å². The van der Waals surface area contributed by atoms with Gasteiger partial charge in [-0.2, -0.15) is 0 Å². The lowest BCUT2D eigenvalue weighted by Crippen LogP contribution is -2.24. The molecule has 0 amide bonds. The molecule has 0 unspecified atom stereocenters. The van der Waals surface area contributed by atoms with Gasteiger partial charge in [-0.3, -0.25) is 0 Å². The van der Waals surface area contributed by atoms with Crippen molar-refractivity contribution >= 4 is 23.5 Å². The predicted molar refractivity (Wildman–Crippen MR) is 223 cm³/mol. The van der Waals surface area contributed by atoms with Crippen LogP contribution in [-0.2, 0) is 11.2 Å². The molecule has 0 bridgehead atoms. The van der Waals surface area contributed by atoms with E-state index in [0.29, 0.717) is 0 Å². The molecule has 268 valence electrons. The molecule has 0 aliphatic heterocycles. The smallest absolute Gasteiger partial charge is 0.134 e. The molecule has 0 radical (unpaired) electrons. The molecule has 0 aromatic heterocycles. The van der Waals surface area contributed by atoms with Crippen LogP contribution in [0.15, 0.2) is 182 Å². The highest BCUT2D eigenvalue weighted by molar-refractivity contribution is 5.67. The number of hydrogen-bond acceptors (Lipinski definition) is 3. The Balaban J connectivity index is 1.24. The van der Waals surface area contributed by atoms with E-state index >= 15 is 0 Å². The lowest BCUT2D eigenvalue weighted by atomic mass is 9.85. The topological polar surface area (TPSA) is 43.7 Å². The molecule has 6 aromatic rings. The third-order valence-corrected chi connectivity index (χ3v) is 10.0. The Hall–Kier alpha value is -5.48. The van der Waals surface area contributed by atoms with E-state index in [0.717, 1.165) is 57.7 Å². The molecule has 0 aliphatic carbocycles. The van der Waals surface area contributed by atoms with Gasteiger partial charge in [0, 0.05) is 17.9 Å². The third kappa shape index (κ3) is 9.50. The fourth-order valence-corrected chi connectivity index (χ4v) is 6.91. The van der Waals surface area contributed by atoms with Gasteiger partial charge in [0.15, 0.2) is 0 Å². The molecule has 0 saturated carbocycles. The van der Waals surface area contributed by atoms with E-state index in [1.165, 1.54) is 32.1 Å². The average molecular weight is 698 g/mol. The Labute approximate surface area is 316 Å². The number of rotatable bonds is 17. The van der Waals surface area contributed by atoms with Crippen LogP contribution >= 0.6 is 0 Å². The van der Waals surface area contributed by atoms with Gasteiger partial charge < -0.3 is 15.1 Å². The van der Waals surface area contributed by atoms with Crippen LogP contribution in [0, 0.1) is 0 Å². The van der Waals surface area contributed by atoms with Crippen molar-refractivity contribution in [1.29, 1.82) is 0 Å². The number of aliphatic hydroxyl groups is 2. The zero-order valence-corrected chi connectivity index (χ0v) is 30.8. The van der Waals surface area contributed by atoms with Gasteiger partial charge in [0.2, 0.25) is 0 Å². The van der Waals surface area contributed by atoms with E-state index in [2.05, 4.69) is 60.4 Å². The first-order valence-corrected chi connectivity index (χ1v) is 19.0. The first-order valence-electron chi connectivity index (χ1n) is 19.0. The number of nitrogens with zero attached hydrogens (tertiary/aromatic N) is 1. The molecule has 53 heavy (non-hydrogen) atoms. The summed E-state index contributed by atoms with van der Waals surface area (Å²) in [7, 11) is 0. The Morgan fingerprint density at radius 2 is 0.736 bits per heavy atom. The van der Waals surface area contributed by atoms with Crippen LogP contribution in [0.1, 0.15) is 78.8 Å². The molecular weight excluding hydrogens is 647 g/mol. The minimum absolute atomic E-state index is 0.826. The maximum Gasteiger partial charge on any atom is 0.134 e. The normalized spacial score (nSPS) is 12.1. The Morgan fingerprint density at radius 3 is 1.08 bits per heavy atom. The van der Waals surface area contributed by atoms with E-state index < -0.39 is 11.2 Å². The molecule has 0 saturated heterocycles. The second kappa shape index (κ2) is 18.3. The molecule has 0 spiro atoms. The number of unbranched alkanes of at least 4 members (excludes halogenated alkanes) is 5.